The number of rotatable bonds is 4. The predicted octanol–water partition coefficient (Wildman–Crippen LogP) is 3.65. The molecule has 2 aromatic carbocycles. The molecule has 0 spiro atoms. The van der Waals surface area contributed by atoms with Crippen LogP contribution in [0.1, 0.15) is 15.9 Å². The third-order valence-corrected chi connectivity index (χ3v) is 2.69. The number of aryl methyl sites for hydroxylation is 1. The van der Waals surface area contributed by atoms with Gasteiger partial charge in [0.2, 0.25) is 5.75 Å². The van der Waals surface area contributed by atoms with E-state index in [1.54, 1.807) is 13.0 Å². The number of hydrogen-bond donors (Lipinski definition) is 0. The number of carbonyl (C=O) groups is 1. The number of halogens is 1. The van der Waals surface area contributed by atoms with E-state index in [1.165, 1.54) is 24.3 Å². The summed E-state index contributed by atoms with van der Waals surface area (Å²) < 4.78 is 19.0. The summed E-state index contributed by atoms with van der Waals surface area (Å²) in [5, 5.41) is 10.9. The van der Waals surface area contributed by atoms with Crippen LogP contribution < -0.4 is 4.74 Å². The Morgan fingerprint density at radius 1 is 1.30 bits per heavy atom. The van der Waals surface area contributed by atoms with Crippen molar-refractivity contribution in [1.29, 1.82) is 0 Å². The number of carbonyl (C=O) groups excluding carboxylic acids is 1. The van der Waals surface area contributed by atoms with Crippen molar-refractivity contribution in [1.82, 2.24) is 0 Å². The van der Waals surface area contributed by atoms with Gasteiger partial charge in [0.15, 0.2) is 11.6 Å². The van der Waals surface area contributed by atoms with E-state index < -0.39 is 10.7 Å². The van der Waals surface area contributed by atoms with Crippen molar-refractivity contribution < 1.29 is 18.8 Å². The highest BCUT2D eigenvalue weighted by Crippen LogP contribution is 2.35. The molecule has 2 rings (SSSR count). The van der Waals surface area contributed by atoms with Gasteiger partial charge < -0.3 is 4.74 Å². The van der Waals surface area contributed by atoms with Gasteiger partial charge in [0.25, 0.3) is 0 Å². The van der Waals surface area contributed by atoms with Crippen LogP contribution in [0.25, 0.3) is 0 Å². The van der Waals surface area contributed by atoms with Gasteiger partial charge in [-0.2, -0.15) is 0 Å². The summed E-state index contributed by atoms with van der Waals surface area (Å²) >= 11 is 0. The summed E-state index contributed by atoms with van der Waals surface area (Å²) in [6, 6.07) is 8.06. The second kappa shape index (κ2) is 5.48. The monoisotopic (exact) mass is 275 g/mol. The molecule has 0 radical (unpaired) electrons. The minimum absolute atomic E-state index is 0.0183. The highest BCUT2D eigenvalue weighted by Gasteiger charge is 2.19. The first-order chi connectivity index (χ1) is 9.52. The van der Waals surface area contributed by atoms with Crippen molar-refractivity contribution in [3.8, 4) is 11.5 Å². The zero-order chi connectivity index (χ0) is 14.7. The van der Waals surface area contributed by atoms with Crippen molar-refractivity contribution in [2.75, 3.05) is 0 Å². The fraction of sp³-hybridized carbons (Fsp3) is 0.0714. The van der Waals surface area contributed by atoms with Crippen LogP contribution in [0.5, 0.6) is 11.5 Å². The van der Waals surface area contributed by atoms with Gasteiger partial charge in [0.05, 0.1) is 4.92 Å². The van der Waals surface area contributed by atoms with E-state index in [0.717, 1.165) is 6.07 Å². The molecule has 102 valence electrons. The molecule has 0 aromatic heterocycles. The Hall–Kier alpha value is -2.76. The molecule has 0 bridgehead atoms. The number of hydrogen-bond acceptors (Lipinski definition) is 4. The number of benzene rings is 2. The Morgan fingerprint density at radius 2 is 2.05 bits per heavy atom. The van der Waals surface area contributed by atoms with Gasteiger partial charge in [-0.3, -0.25) is 14.9 Å². The first-order valence-corrected chi connectivity index (χ1v) is 5.69. The normalized spacial score (nSPS) is 10.1. The third kappa shape index (κ3) is 2.64. The minimum Gasteiger partial charge on any atom is -0.447 e. The average Bonchev–Trinajstić information content (AvgIpc) is 2.42. The summed E-state index contributed by atoms with van der Waals surface area (Å²) in [7, 11) is 0. The lowest BCUT2D eigenvalue weighted by Crippen LogP contribution is -1.97. The second-order valence-electron chi connectivity index (χ2n) is 4.09. The van der Waals surface area contributed by atoms with Crippen molar-refractivity contribution in [2.45, 2.75) is 6.92 Å². The second-order valence-corrected chi connectivity index (χ2v) is 4.09. The van der Waals surface area contributed by atoms with Crippen molar-refractivity contribution in [3.63, 3.8) is 0 Å². The van der Waals surface area contributed by atoms with E-state index in [4.69, 9.17) is 4.74 Å². The topological polar surface area (TPSA) is 69.4 Å². The van der Waals surface area contributed by atoms with Gasteiger partial charge in [-0.15, -0.1) is 0 Å². The predicted molar refractivity (Wildman–Crippen MR) is 69.7 cm³/mol. The zero-order valence-electron chi connectivity index (χ0n) is 10.5. The molecule has 0 atom stereocenters. The first kappa shape index (κ1) is 13.7. The van der Waals surface area contributed by atoms with Gasteiger partial charge in [0.1, 0.15) is 6.29 Å². The SMILES string of the molecule is Cc1cccc([N+](=O)[O-])c1Oc1ccc(C=O)cc1F. The summed E-state index contributed by atoms with van der Waals surface area (Å²) in [6.45, 7) is 1.63. The molecule has 6 heteroatoms. The molecule has 0 saturated carbocycles. The molecule has 0 heterocycles. The van der Waals surface area contributed by atoms with Crippen LogP contribution >= 0.6 is 0 Å². The number of para-hydroxylation sites is 1. The Kier molecular flexibility index (Phi) is 3.74. The van der Waals surface area contributed by atoms with Gasteiger partial charge in [0, 0.05) is 11.6 Å². The molecule has 0 amide bonds. The van der Waals surface area contributed by atoms with E-state index in [2.05, 4.69) is 0 Å². The van der Waals surface area contributed by atoms with Gasteiger partial charge >= 0.3 is 5.69 Å². The fourth-order valence-corrected chi connectivity index (χ4v) is 1.70. The Balaban J connectivity index is 2.44. The lowest BCUT2D eigenvalue weighted by Gasteiger charge is -2.09. The average molecular weight is 275 g/mol. The molecule has 5 nitrogen and oxygen atoms in total. The van der Waals surface area contributed by atoms with Crippen LogP contribution in [-0.2, 0) is 0 Å². The van der Waals surface area contributed by atoms with Gasteiger partial charge in [-0.1, -0.05) is 12.1 Å². The minimum atomic E-state index is -0.757. The highest BCUT2D eigenvalue weighted by atomic mass is 19.1. The molecule has 20 heavy (non-hydrogen) atoms. The lowest BCUT2D eigenvalue weighted by molar-refractivity contribution is -0.385. The molecule has 0 aliphatic rings. The van der Waals surface area contributed by atoms with Crippen molar-refractivity contribution in [2.24, 2.45) is 0 Å². The molecule has 0 fully saturated rings. The quantitative estimate of drug-likeness (QED) is 0.485. The van der Waals surface area contributed by atoms with Crippen molar-refractivity contribution >= 4 is 12.0 Å². The molecule has 0 aliphatic carbocycles. The van der Waals surface area contributed by atoms with Crippen molar-refractivity contribution in [3.05, 3.63) is 63.5 Å². The Bertz CT molecular complexity index is 685. The molecule has 0 saturated heterocycles. The van der Waals surface area contributed by atoms with Crippen LogP contribution in [0.15, 0.2) is 36.4 Å². The molecular formula is C14H10FNO4. The summed E-state index contributed by atoms with van der Waals surface area (Å²) in [5.74, 6) is -0.949. The Labute approximate surface area is 113 Å². The van der Waals surface area contributed by atoms with E-state index in [-0.39, 0.29) is 22.7 Å². The smallest absolute Gasteiger partial charge is 0.311 e. The number of nitro groups is 1. The molecular weight excluding hydrogens is 265 g/mol. The summed E-state index contributed by atoms with van der Waals surface area (Å²) in [6.07, 6.45) is 0.503. The number of nitro benzene ring substituents is 1. The number of aldehydes is 1. The van der Waals surface area contributed by atoms with Crippen LogP contribution in [0.3, 0.4) is 0 Å². The molecule has 0 N–H and O–H groups in total. The van der Waals surface area contributed by atoms with E-state index in [9.17, 15) is 19.3 Å². The largest absolute Gasteiger partial charge is 0.447 e. The lowest BCUT2D eigenvalue weighted by atomic mass is 10.2. The van der Waals surface area contributed by atoms with Gasteiger partial charge in [-0.25, -0.2) is 4.39 Å². The molecule has 2 aromatic rings. The van der Waals surface area contributed by atoms with E-state index in [1.807, 2.05) is 0 Å². The molecule has 0 aliphatic heterocycles. The summed E-state index contributed by atoms with van der Waals surface area (Å²) in [5.41, 5.74) is 0.427. The highest BCUT2D eigenvalue weighted by molar-refractivity contribution is 5.75. The zero-order valence-corrected chi connectivity index (χ0v) is 10.5. The number of ether oxygens (including phenoxy) is 1. The summed E-state index contributed by atoms with van der Waals surface area (Å²) in [4.78, 5) is 20.9. The number of nitrogens with zero attached hydrogens (tertiary/aromatic N) is 1. The van der Waals surface area contributed by atoms with Gasteiger partial charge in [-0.05, 0) is 30.7 Å². The van der Waals surface area contributed by atoms with Crippen LogP contribution in [-0.4, -0.2) is 11.2 Å². The van der Waals surface area contributed by atoms with Crippen LogP contribution in [0.4, 0.5) is 10.1 Å². The Morgan fingerprint density at radius 3 is 2.65 bits per heavy atom. The standard InChI is InChI=1S/C14H10FNO4/c1-9-3-2-4-12(16(18)19)14(9)20-13-6-5-10(8-17)7-11(13)15/h2-8H,1H3. The maximum atomic E-state index is 13.7. The van der Waals surface area contributed by atoms with Crippen LogP contribution in [0, 0.1) is 22.9 Å². The third-order valence-electron chi connectivity index (χ3n) is 2.69. The fourth-order valence-electron chi connectivity index (χ4n) is 1.70. The van der Waals surface area contributed by atoms with E-state index in [0.29, 0.717) is 11.8 Å². The van der Waals surface area contributed by atoms with E-state index >= 15 is 0 Å². The first-order valence-electron chi connectivity index (χ1n) is 5.69. The maximum absolute atomic E-state index is 13.7. The van der Waals surface area contributed by atoms with Crippen LogP contribution in [0.2, 0.25) is 0 Å². The maximum Gasteiger partial charge on any atom is 0.311 e. The molecule has 0 unspecified atom stereocenters.